The first-order chi connectivity index (χ1) is 9.45. The molecule has 0 bridgehead atoms. The Morgan fingerprint density at radius 3 is 2.45 bits per heavy atom. The minimum absolute atomic E-state index is 0.0854. The fraction of sp³-hybridized carbons (Fsp3) is 0.267. The lowest BCUT2D eigenvalue weighted by Gasteiger charge is -2.09. The summed E-state index contributed by atoms with van der Waals surface area (Å²) in [5.74, 6) is -0.629. The van der Waals surface area contributed by atoms with Gasteiger partial charge in [-0.05, 0) is 31.5 Å². The third-order valence-corrected chi connectivity index (χ3v) is 3.05. The van der Waals surface area contributed by atoms with Crippen molar-refractivity contribution in [2.24, 2.45) is 0 Å². The first kappa shape index (κ1) is 14.1. The molecule has 20 heavy (non-hydrogen) atoms. The monoisotopic (exact) mass is 274 g/mol. The largest absolute Gasteiger partial charge is 0.481 e. The van der Waals surface area contributed by atoms with E-state index in [0.29, 0.717) is 29.2 Å². The lowest BCUT2D eigenvalue weighted by molar-refractivity contribution is -0.136. The Morgan fingerprint density at radius 2 is 1.90 bits per heavy atom. The third kappa shape index (κ3) is 3.38. The van der Waals surface area contributed by atoms with E-state index in [1.807, 2.05) is 6.07 Å². The van der Waals surface area contributed by atoms with Crippen LogP contribution in [0.25, 0.3) is 0 Å². The molecule has 1 aromatic heterocycles. The molecule has 1 heterocycles. The van der Waals surface area contributed by atoms with Gasteiger partial charge in [0.05, 0.1) is 6.42 Å². The van der Waals surface area contributed by atoms with Gasteiger partial charge < -0.3 is 5.11 Å². The number of aryl methyl sites for hydroxylation is 2. The molecule has 104 valence electrons. The van der Waals surface area contributed by atoms with Crippen LogP contribution in [0.3, 0.4) is 0 Å². The molecule has 0 radical (unpaired) electrons. The molecule has 0 spiro atoms. The molecule has 0 aliphatic rings. The van der Waals surface area contributed by atoms with Crippen molar-refractivity contribution in [1.29, 1.82) is 0 Å². The van der Waals surface area contributed by atoms with E-state index >= 15 is 0 Å². The number of hydrogen-bond acceptors (Lipinski definition) is 3. The topological polar surface area (TPSA) is 63.1 Å². The molecule has 0 saturated heterocycles. The molecule has 0 fully saturated rings. The predicted octanol–water partition coefficient (Wildman–Crippen LogP) is 2.45. The molecule has 1 aromatic carbocycles. The highest BCUT2D eigenvalue weighted by atomic mass is 19.1. The van der Waals surface area contributed by atoms with Crippen LogP contribution >= 0.6 is 0 Å². The molecule has 4 nitrogen and oxygen atoms in total. The summed E-state index contributed by atoms with van der Waals surface area (Å²) in [5.41, 5.74) is 2.74. The zero-order valence-corrected chi connectivity index (χ0v) is 11.4. The van der Waals surface area contributed by atoms with Gasteiger partial charge in [-0.15, -0.1) is 0 Å². The molecule has 1 N–H and O–H groups in total. The van der Waals surface area contributed by atoms with Crippen LogP contribution < -0.4 is 0 Å². The Balaban J connectivity index is 2.28. The van der Waals surface area contributed by atoms with Crippen LogP contribution in [0, 0.1) is 19.7 Å². The second kappa shape index (κ2) is 5.77. The van der Waals surface area contributed by atoms with Gasteiger partial charge in [0.15, 0.2) is 0 Å². The molecule has 0 amide bonds. The van der Waals surface area contributed by atoms with Crippen molar-refractivity contribution in [1.82, 2.24) is 9.97 Å². The molecule has 2 aromatic rings. The first-order valence-corrected chi connectivity index (χ1v) is 6.25. The average molecular weight is 274 g/mol. The van der Waals surface area contributed by atoms with Crippen molar-refractivity contribution in [3.8, 4) is 0 Å². The molecular formula is C15H15FN2O2. The minimum Gasteiger partial charge on any atom is -0.481 e. The van der Waals surface area contributed by atoms with Crippen LogP contribution in [0.15, 0.2) is 24.3 Å². The fourth-order valence-corrected chi connectivity index (χ4v) is 2.12. The van der Waals surface area contributed by atoms with Crippen LogP contribution in [0.5, 0.6) is 0 Å². The molecule has 0 aliphatic heterocycles. The molecule has 0 aliphatic carbocycles. The molecule has 0 unspecified atom stereocenters. The Bertz CT molecular complexity index is 633. The van der Waals surface area contributed by atoms with E-state index in [-0.39, 0.29) is 12.2 Å². The molecule has 5 heteroatoms. The third-order valence-electron chi connectivity index (χ3n) is 3.05. The summed E-state index contributed by atoms with van der Waals surface area (Å²) < 4.78 is 13.1. The highest BCUT2D eigenvalue weighted by molar-refractivity contribution is 5.70. The average Bonchev–Trinajstić information content (AvgIpc) is 2.33. The second-order valence-electron chi connectivity index (χ2n) is 4.67. The normalized spacial score (nSPS) is 10.6. The van der Waals surface area contributed by atoms with Crippen LogP contribution in [0.1, 0.15) is 28.3 Å². The van der Waals surface area contributed by atoms with E-state index in [9.17, 15) is 9.18 Å². The number of rotatable bonds is 4. The molecular weight excluding hydrogens is 259 g/mol. The van der Waals surface area contributed by atoms with E-state index in [2.05, 4.69) is 9.97 Å². The smallest absolute Gasteiger partial charge is 0.307 e. The van der Waals surface area contributed by atoms with Gasteiger partial charge in [0, 0.05) is 23.4 Å². The quantitative estimate of drug-likeness (QED) is 0.930. The SMILES string of the molecule is Cc1nc(Cc2cccc(F)c2)nc(C)c1CC(=O)O. The Labute approximate surface area is 116 Å². The van der Waals surface area contributed by atoms with Crippen molar-refractivity contribution < 1.29 is 14.3 Å². The number of carboxylic acid groups (broad SMARTS) is 1. The maximum Gasteiger partial charge on any atom is 0.307 e. The number of aliphatic carboxylic acids is 1. The highest BCUT2D eigenvalue weighted by Crippen LogP contribution is 2.14. The summed E-state index contributed by atoms with van der Waals surface area (Å²) in [6.07, 6.45) is 0.338. The van der Waals surface area contributed by atoms with Crippen molar-refractivity contribution in [3.05, 3.63) is 58.4 Å². The predicted molar refractivity (Wildman–Crippen MR) is 72.1 cm³/mol. The molecule has 0 atom stereocenters. The lowest BCUT2D eigenvalue weighted by Crippen LogP contribution is -2.10. The maximum absolute atomic E-state index is 13.1. The van der Waals surface area contributed by atoms with Crippen molar-refractivity contribution in [3.63, 3.8) is 0 Å². The van der Waals surface area contributed by atoms with Gasteiger partial charge in [0.1, 0.15) is 11.6 Å². The van der Waals surface area contributed by atoms with Gasteiger partial charge in [0.2, 0.25) is 0 Å². The Morgan fingerprint density at radius 1 is 1.25 bits per heavy atom. The standard InChI is InChI=1S/C15H15FN2O2/c1-9-13(8-15(19)20)10(2)18-14(17-9)7-11-4-3-5-12(16)6-11/h3-6H,7-8H2,1-2H3,(H,19,20). The van der Waals surface area contributed by atoms with E-state index in [1.54, 1.807) is 19.9 Å². The van der Waals surface area contributed by atoms with Gasteiger partial charge in [-0.1, -0.05) is 12.1 Å². The maximum atomic E-state index is 13.1. The number of hydrogen-bond donors (Lipinski definition) is 1. The van der Waals surface area contributed by atoms with Crippen LogP contribution in [0.2, 0.25) is 0 Å². The number of aromatic nitrogens is 2. The summed E-state index contributed by atoms with van der Waals surface area (Å²) >= 11 is 0. The number of carboxylic acids is 1. The van der Waals surface area contributed by atoms with E-state index in [0.717, 1.165) is 5.56 Å². The van der Waals surface area contributed by atoms with E-state index < -0.39 is 5.97 Å². The number of carbonyl (C=O) groups is 1. The summed E-state index contributed by atoms with van der Waals surface area (Å²) in [7, 11) is 0. The van der Waals surface area contributed by atoms with Gasteiger partial charge >= 0.3 is 5.97 Å². The highest BCUT2D eigenvalue weighted by Gasteiger charge is 2.12. The summed E-state index contributed by atoms with van der Waals surface area (Å²) in [5, 5.41) is 8.85. The molecule has 2 rings (SSSR count). The minimum atomic E-state index is -0.905. The zero-order chi connectivity index (χ0) is 14.7. The van der Waals surface area contributed by atoms with E-state index in [1.165, 1.54) is 12.1 Å². The number of halogens is 1. The lowest BCUT2D eigenvalue weighted by atomic mass is 10.1. The summed E-state index contributed by atoms with van der Waals surface area (Å²) in [6, 6.07) is 6.28. The van der Waals surface area contributed by atoms with Crippen molar-refractivity contribution in [2.45, 2.75) is 26.7 Å². The van der Waals surface area contributed by atoms with Crippen molar-refractivity contribution in [2.75, 3.05) is 0 Å². The fourth-order valence-electron chi connectivity index (χ4n) is 2.12. The van der Waals surface area contributed by atoms with Crippen LogP contribution in [-0.4, -0.2) is 21.0 Å². The Hall–Kier alpha value is -2.30. The second-order valence-corrected chi connectivity index (χ2v) is 4.67. The summed E-state index contributed by atoms with van der Waals surface area (Å²) in [6.45, 7) is 3.53. The number of benzene rings is 1. The van der Waals surface area contributed by atoms with Crippen molar-refractivity contribution >= 4 is 5.97 Å². The molecule has 0 saturated carbocycles. The number of nitrogens with zero attached hydrogens (tertiary/aromatic N) is 2. The summed E-state index contributed by atoms with van der Waals surface area (Å²) in [4.78, 5) is 19.4. The van der Waals surface area contributed by atoms with Gasteiger partial charge in [-0.25, -0.2) is 14.4 Å². The van der Waals surface area contributed by atoms with Gasteiger partial charge in [-0.3, -0.25) is 4.79 Å². The van der Waals surface area contributed by atoms with Crippen LogP contribution in [0.4, 0.5) is 4.39 Å². The van der Waals surface area contributed by atoms with Gasteiger partial charge in [-0.2, -0.15) is 0 Å². The first-order valence-electron chi connectivity index (χ1n) is 6.25. The van der Waals surface area contributed by atoms with Gasteiger partial charge in [0.25, 0.3) is 0 Å². The van der Waals surface area contributed by atoms with Crippen LogP contribution in [-0.2, 0) is 17.6 Å². The van der Waals surface area contributed by atoms with E-state index in [4.69, 9.17) is 5.11 Å². The Kier molecular flexibility index (Phi) is 4.08. The zero-order valence-electron chi connectivity index (χ0n) is 11.4.